The number of hydrogen-bond acceptors (Lipinski definition) is 3. The van der Waals surface area contributed by atoms with Gasteiger partial charge in [-0.15, -0.1) is 13.2 Å². The summed E-state index contributed by atoms with van der Waals surface area (Å²) < 4.78 is 40.8. The molecule has 0 aliphatic carbocycles. The Hall–Kier alpha value is -2.51. The molecule has 0 spiro atoms. The maximum absolute atomic E-state index is 12.6. The van der Waals surface area contributed by atoms with Crippen LogP contribution >= 0.6 is 0 Å². The standard InChI is InChI=1S/C15H14F3N3O2/c1-9-7-10(4-5-13(9)23-15(16,17)18)14(22)21-6-2-3-11-12(21)8-19-20-11/h4-5,7-8H,2-3,6H2,1H3,(H,19,20). The second kappa shape index (κ2) is 5.60. The number of anilines is 1. The van der Waals surface area contributed by atoms with Crippen LogP contribution in [0.1, 0.15) is 28.0 Å². The van der Waals surface area contributed by atoms with Crippen LogP contribution in [0.4, 0.5) is 18.9 Å². The van der Waals surface area contributed by atoms with Crippen LogP contribution in [0.2, 0.25) is 0 Å². The maximum Gasteiger partial charge on any atom is 0.573 e. The van der Waals surface area contributed by atoms with Gasteiger partial charge in [-0.25, -0.2) is 0 Å². The molecule has 5 nitrogen and oxygen atoms in total. The van der Waals surface area contributed by atoms with Crippen LogP contribution in [0.25, 0.3) is 0 Å². The molecule has 0 fully saturated rings. The first-order chi connectivity index (χ1) is 10.8. The van der Waals surface area contributed by atoms with Crippen molar-refractivity contribution in [1.82, 2.24) is 10.2 Å². The summed E-state index contributed by atoms with van der Waals surface area (Å²) in [5.74, 6) is -0.578. The van der Waals surface area contributed by atoms with E-state index in [4.69, 9.17) is 0 Å². The van der Waals surface area contributed by atoms with Gasteiger partial charge in [-0.3, -0.25) is 9.89 Å². The van der Waals surface area contributed by atoms with Crippen molar-refractivity contribution in [3.8, 4) is 5.75 Å². The third-order valence-corrected chi connectivity index (χ3v) is 3.69. The topological polar surface area (TPSA) is 58.2 Å². The van der Waals surface area contributed by atoms with Crippen LogP contribution < -0.4 is 9.64 Å². The number of nitrogens with zero attached hydrogens (tertiary/aromatic N) is 2. The Labute approximate surface area is 130 Å². The van der Waals surface area contributed by atoms with Crippen molar-refractivity contribution >= 4 is 11.6 Å². The van der Waals surface area contributed by atoms with Gasteiger partial charge < -0.3 is 9.64 Å². The lowest BCUT2D eigenvalue weighted by atomic mass is 10.1. The number of carbonyl (C=O) groups is 1. The normalized spacial score (nSPS) is 14.5. The van der Waals surface area contributed by atoms with E-state index in [1.807, 2.05) is 0 Å². The first-order valence-corrected chi connectivity index (χ1v) is 7.05. The Morgan fingerprint density at radius 1 is 1.39 bits per heavy atom. The van der Waals surface area contributed by atoms with Crippen molar-refractivity contribution in [3.63, 3.8) is 0 Å². The number of hydrogen-bond donors (Lipinski definition) is 1. The van der Waals surface area contributed by atoms with Crippen molar-refractivity contribution in [1.29, 1.82) is 0 Å². The Kier molecular flexibility index (Phi) is 3.75. The highest BCUT2D eigenvalue weighted by Crippen LogP contribution is 2.29. The molecule has 23 heavy (non-hydrogen) atoms. The smallest absolute Gasteiger partial charge is 0.406 e. The summed E-state index contributed by atoms with van der Waals surface area (Å²) >= 11 is 0. The number of H-pyrrole nitrogens is 1. The van der Waals surface area contributed by atoms with E-state index in [1.54, 1.807) is 11.1 Å². The van der Waals surface area contributed by atoms with E-state index < -0.39 is 6.36 Å². The number of nitrogens with one attached hydrogen (secondary N) is 1. The van der Waals surface area contributed by atoms with Crippen LogP contribution in [-0.2, 0) is 6.42 Å². The molecule has 1 N–H and O–H groups in total. The molecule has 3 rings (SSSR count). The minimum Gasteiger partial charge on any atom is -0.406 e. The Morgan fingerprint density at radius 2 is 2.17 bits per heavy atom. The minimum absolute atomic E-state index is 0.248. The third-order valence-electron chi connectivity index (χ3n) is 3.69. The van der Waals surface area contributed by atoms with E-state index in [1.165, 1.54) is 19.1 Å². The lowest BCUT2D eigenvalue weighted by Gasteiger charge is -2.26. The Balaban J connectivity index is 1.86. The summed E-state index contributed by atoms with van der Waals surface area (Å²) in [5, 5.41) is 6.79. The fourth-order valence-corrected chi connectivity index (χ4v) is 2.65. The van der Waals surface area contributed by atoms with Crippen molar-refractivity contribution in [3.05, 3.63) is 41.2 Å². The Morgan fingerprint density at radius 3 is 2.87 bits per heavy atom. The summed E-state index contributed by atoms with van der Waals surface area (Å²) in [6.07, 6.45) is -1.55. The van der Waals surface area contributed by atoms with Crippen molar-refractivity contribution in [2.24, 2.45) is 0 Å². The molecule has 1 aromatic carbocycles. The molecule has 1 aliphatic rings. The molecule has 0 atom stereocenters. The zero-order valence-electron chi connectivity index (χ0n) is 12.3. The zero-order chi connectivity index (χ0) is 16.6. The molecule has 0 bridgehead atoms. The lowest BCUT2D eigenvalue weighted by Crippen LogP contribution is -2.35. The average Bonchev–Trinajstić information content (AvgIpc) is 2.95. The number of rotatable bonds is 2. The molecule has 8 heteroatoms. The third kappa shape index (κ3) is 3.15. The number of alkyl halides is 3. The number of aromatic amines is 1. The molecule has 0 unspecified atom stereocenters. The molecule has 0 saturated heterocycles. The van der Waals surface area contributed by atoms with E-state index in [0.717, 1.165) is 30.3 Å². The van der Waals surface area contributed by atoms with Gasteiger partial charge >= 0.3 is 6.36 Å². The van der Waals surface area contributed by atoms with Gasteiger partial charge in [0.15, 0.2) is 0 Å². The van der Waals surface area contributed by atoms with Gasteiger partial charge in [0.05, 0.1) is 17.6 Å². The number of halogens is 3. The van der Waals surface area contributed by atoms with Crippen LogP contribution in [-0.4, -0.2) is 29.0 Å². The predicted octanol–water partition coefficient (Wildman–Crippen LogP) is 3.21. The molecule has 0 saturated carbocycles. The SMILES string of the molecule is Cc1cc(C(=O)N2CCCc3[nH]ncc32)ccc1OC(F)(F)F. The van der Waals surface area contributed by atoms with E-state index in [0.29, 0.717) is 12.1 Å². The Bertz CT molecular complexity index is 740. The number of aryl methyl sites for hydroxylation is 2. The second-order valence-electron chi connectivity index (χ2n) is 5.32. The van der Waals surface area contributed by atoms with Gasteiger partial charge in [-0.1, -0.05) is 0 Å². The van der Waals surface area contributed by atoms with Gasteiger partial charge in [0.25, 0.3) is 5.91 Å². The number of ether oxygens (including phenoxy) is 1. The number of fused-ring (bicyclic) bond motifs is 1. The molecule has 2 aromatic rings. The largest absolute Gasteiger partial charge is 0.573 e. The monoisotopic (exact) mass is 325 g/mol. The molecular weight excluding hydrogens is 311 g/mol. The first-order valence-electron chi connectivity index (χ1n) is 7.05. The number of aromatic nitrogens is 2. The van der Waals surface area contributed by atoms with Gasteiger partial charge in [-0.05, 0) is 43.5 Å². The predicted molar refractivity (Wildman–Crippen MR) is 76.4 cm³/mol. The fraction of sp³-hybridized carbons (Fsp3) is 0.333. The minimum atomic E-state index is -4.76. The highest BCUT2D eigenvalue weighted by Gasteiger charge is 2.32. The van der Waals surface area contributed by atoms with Crippen LogP contribution in [0.15, 0.2) is 24.4 Å². The second-order valence-corrected chi connectivity index (χ2v) is 5.32. The lowest BCUT2D eigenvalue weighted by molar-refractivity contribution is -0.274. The summed E-state index contributed by atoms with van der Waals surface area (Å²) in [7, 11) is 0. The summed E-state index contributed by atoms with van der Waals surface area (Å²) in [6, 6.07) is 3.90. The van der Waals surface area contributed by atoms with E-state index in [-0.39, 0.29) is 17.2 Å². The van der Waals surface area contributed by atoms with Crippen LogP contribution in [0, 0.1) is 6.92 Å². The van der Waals surface area contributed by atoms with Crippen molar-refractivity contribution < 1.29 is 22.7 Å². The summed E-state index contributed by atoms with van der Waals surface area (Å²) in [6.45, 7) is 2.02. The quantitative estimate of drug-likeness (QED) is 0.922. The van der Waals surface area contributed by atoms with Crippen molar-refractivity contribution in [2.75, 3.05) is 11.4 Å². The summed E-state index contributed by atoms with van der Waals surface area (Å²) in [5.41, 5.74) is 2.16. The molecule has 1 amide bonds. The van der Waals surface area contributed by atoms with Gasteiger partial charge in [-0.2, -0.15) is 5.10 Å². The van der Waals surface area contributed by atoms with Crippen LogP contribution in [0.5, 0.6) is 5.75 Å². The molecule has 0 radical (unpaired) electrons. The highest BCUT2D eigenvalue weighted by molar-refractivity contribution is 6.06. The van der Waals surface area contributed by atoms with E-state index in [9.17, 15) is 18.0 Å². The summed E-state index contributed by atoms with van der Waals surface area (Å²) in [4.78, 5) is 14.2. The van der Waals surface area contributed by atoms with Gasteiger partial charge in [0, 0.05) is 12.1 Å². The molecule has 1 aliphatic heterocycles. The zero-order valence-corrected chi connectivity index (χ0v) is 12.3. The molecular formula is C15H14F3N3O2. The van der Waals surface area contributed by atoms with Gasteiger partial charge in [0.2, 0.25) is 0 Å². The average molecular weight is 325 g/mol. The van der Waals surface area contributed by atoms with Crippen LogP contribution in [0.3, 0.4) is 0 Å². The molecule has 1 aromatic heterocycles. The number of amides is 1. The van der Waals surface area contributed by atoms with E-state index in [2.05, 4.69) is 14.9 Å². The fourth-order valence-electron chi connectivity index (χ4n) is 2.65. The molecule has 122 valence electrons. The van der Waals surface area contributed by atoms with E-state index >= 15 is 0 Å². The highest BCUT2D eigenvalue weighted by atomic mass is 19.4. The van der Waals surface area contributed by atoms with Crippen molar-refractivity contribution in [2.45, 2.75) is 26.1 Å². The van der Waals surface area contributed by atoms with Gasteiger partial charge in [0.1, 0.15) is 5.75 Å². The number of carbonyl (C=O) groups excluding carboxylic acids is 1. The molecule has 2 heterocycles. The number of benzene rings is 1. The maximum atomic E-state index is 12.6. The first kappa shape index (κ1) is 15.4.